The summed E-state index contributed by atoms with van der Waals surface area (Å²) in [6.45, 7) is 1.65. The number of nitrogens with one attached hydrogen (secondary N) is 6. The molecule has 13 heteroatoms. The number of hydrazine groups is 3. The number of imidazole rings is 1. The highest BCUT2D eigenvalue weighted by Gasteiger charge is 2.31. The fourth-order valence-electron chi connectivity index (χ4n) is 3.62. The maximum absolute atomic E-state index is 12.7. The van der Waals surface area contributed by atoms with E-state index in [1.165, 1.54) is 11.8 Å². The molecule has 1 aromatic heterocycles. The van der Waals surface area contributed by atoms with Gasteiger partial charge in [0.25, 0.3) is 0 Å². The van der Waals surface area contributed by atoms with Gasteiger partial charge in [0.05, 0.1) is 11.0 Å². The van der Waals surface area contributed by atoms with E-state index in [4.69, 9.17) is 10.9 Å². The van der Waals surface area contributed by atoms with Crippen molar-refractivity contribution in [2.45, 2.75) is 21.2 Å². The Bertz CT molecular complexity index is 1220. The van der Waals surface area contributed by atoms with E-state index in [1.54, 1.807) is 0 Å². The van der Waals surface area contributed by atoms with Gasteiger partial charge in [0, 0.05) is 28.8 Å². The maximum atomic E-state index is 12.7. The molecule has 2 aromatic carbocycles. The van der Waals surface area contributed by atoms with Gasteiger partial charge in [0.15, 0.2) is 5.95 Å². The highest BCUT2D eigenvalue weighted by Crippen LogP contribution is 2.40. The number of fused-ring (bicyclic) bond motifs is 1. The fraction of sp³-hybridized carbons (Fsp3) is 0.235. The first kappa shape index (κ1) is 19.7. The van der Waals surface area contributed by atoms with Gasteiger partial charge < -0.3 is 16.0 Å². The lowest BCUT2D eigenvalue weighted by atomic mass is 9.97. The minimum atomic E-state index is -4.02. The van der Waals surface area contributed by atoms with Gasteiger partial charge >= 0.3 is 0 Å². The number of hydrogen-bond donors (Lipinski definition) is 8. The fourth-order valence-corrected chi connectivity index (χ4v) is 6.12. The van der Waals surface area contributed by atoms with E-state index in [2.05, 4.69) is 37.2 Å². The summed E-state index contributed by atoms with van der Waals surface area (Å²) in [5, 5.41) is 9.22. The molecule has 11 nitrogen and oxygen atoms in total. The van der Waals surface area contributed by atoms with Gasteiger partial charge in [-0.25, -0.2) is 29.4 Å². The molecule has 10 N–H and O–H groups in total. The molecular weight excluding hydrogens is 426 g/mol. The Morgan fingerprint density at radius 1 is 1.10 bits per heavy atom. The van der Waals surface area contributed by atoms with Crippen LogP contribution in [0.4, 0.5) is 5.95 Å². The SMILES string of the molecule is Nc1nc2ccc(-c3ccc(SC4CNC4)c(S(N)(=O)=O)c3C3NNNN3)cc2[nH]1. The third-order valence-corrected chi connectivity index (χ3v) is 7.48. The smallest absolute Gasteiger partial charge is 0.239 e. The molecule has 2 aliphatic heterocycles. The first-order valence-corrected chi connectivity index (χ1v) is 11.7. The first-order valence-electron chi connectivity index (χ1n) is 9.24. The topological polar surface area (TPSA) is 175 Å². The normalized spacial score (nSPS) is 18.2. The molecular formula is C17H21N9O2S2. The van der Waals surface area contributed by atoms with E-state index < -0.39 is 16.2 Å². The predicted octanol–water partition coefficient (Wildman–Crippen LogP) is -0.361. The number of thioether (sulfide) groups is 1. The molecule has 2 saturated heterocycles. The molecule has 3 aromatic rings. The number of hydrogen-bond acceptors (Lipinski definition) is 10. The van der Waals surface area contributed by atoms with Gasteiger partial charge in [-0.05, 0) is 29.3 Å². The van der Waals surface area contributed by atoms with Crippen LogP contribution in [0, 0.1) is 0 Å². The van der Waals surface area contributed by atoms with Crippen LogP contribution < -0.4 is 38.1 Å². The highest BCUT2D eigenvalue weighted by atomic mass is 32.2. The lowest BCUT2D eigenvalue weighted by Gasteiger charge is -2.28. The predicted molar refractivity (Wildman–Crippen MR) is 115 cm³/mol. The molecule has 0 atom stereocenters. The molecule has 30 heavy (non-hydrogen) atoms. The van der Waals surface area contributed by atoms with Crippen molar-refractivity contribution in [2.24, 2.45) is 5.14 Å². The van der Waals surface area contributed by atoms with E-state index >= 15 is 0 Å². The molecule has 0 spiro atoms. The van der Waals surface area contributed by atoms with Gasteiger partial charge in [-0.2, -0.15) is 11.1 Å². The number of primary sulfonamides is 1. The average molecular weight is 448 g/mol. The number of H-pyrrole nitrogens is 1. The van der Waals surface area contributed by atoms with E-state index in [-0.39, 0.29) is 4.90 Å². The van der Waals surface area contributed by atoms with Crippen LogP contribution in [0.15, 0.2) is 40.1 Å². The maximum Gasteiger partial charge on any atom is 0.239 e. The molecule has 5 rings (SSSR count). The Morgan fingerprint density at radius 2 is 1.87 bits per heavy atom. The number of anilines is 1. The molecule has 0 bridgehead atoms. The summed E-state index contributed by atoms with van der Waals surface area (Å²) in [6.07, 6.45) is -0.532. The number of nitrogens with two attached hydrogens (primary N) is 2. The third-order valence-electron chi connectivity index (χ3n) is 5.08. The van der Waals surface area contributed by atoms with Crippen LogP contribution in [0.2, 0.25) is 0 Å². The monoisotopic (exact) mass is 447 g/mol. The zero-order valence-electron chi connectivity index (χ0n) is 15.7. The molecule has 0 amide bonds. The zero-order chi connectivity index (χ0) is 20.9. The van der Waals surface area contributed by atoms with Crippen LogP contribution in [0.5, 0.6) is 0 Å². The summed E-state index contributed by atoms with van der Waals surface area (Å²) in [7, 11) is -4.02. The molecule has 0 radical (unpaired) electrons. The molecule has 0 saturated carbocycles. The number of nitrogen functional groups attached to an aromatic ring is 1. The van der Waals surface area contributed by atoms with Crippen molar-refractivity contribution in [3.8, 4) is 11.1 Å². The molecule has 0 aliphatic carbocycles. The second-order valence-electron chi connectivity index (χ2n) is 7.12. The summed E-state index contributed by atoms with van der Waals surface area (Å²) >= 11 is 1.52. The number of nitrogens with zero attached hydrogens (tertiary/aromatic N) is 1. The van der Waals surface area contributed by atoms with Crippen molar-refractivity contribution in [3.63, 3.8) is 0 Å². The van der Waals surface area contributed by atoms with Gasteiger partial charge in [0.2, 0.25) is 10.0 Å². The lowest BCUT2D eigenvalue weighted by Crippen LogP contribution is -2.44. The van der Waals surface area contributed by atoms with Crippen molar-refractivity contribution in [3.05, 3.63) is 35.9 Å². The molecule has 2 aliphatic rings. The number of aromatic nitrogens is 2. The van der Waals surface area contributed by atoms with Gasteiger partial charge in [-0.1, -0.05) is 12.1 Å². The number of aromatic amines is 1. The van der Waals surface area contributed by atoms with E-state index in [0.29, 0.717) is 21.7 Å². The van der Waals surface area contributed by atoms with Crippen molar-refractivity contribution in [1.29, 1.82) is 0 Å². The summed E-state index contributed by atoms with van der Waals surface area (Å²) in [5.41, 5.74) is 20.8. The largest absolute Gasteiger partial charge is 0.369 e. The van der Waals surface area contributed by atoms with E-state index in [0.717, 1.165) is 35.2 Å². The number of benzene rings is 2. The molecule has 0 unspecified atom stereocenters. The number of rotatable bonds is 5. The minimum absolute atomic E-state index is 0.108. The third kappa shape index (κ3) is 3.55. The van der Waals surface area contributed by atoms with Crippen LogP contribution in [-0.2, 0) is 10.0 Å². The first-order chi connectivity index (χ1) is 14.4. The second-order valence-corrected chi connectivity index (χ2v) is 9.96. The average Bonchev–Trinajstić information content (AvgIpc) is 3.31. The Labute approximate surface area is 176 Å². The summed E-state index contributed by atoms with van der Waals surface area (Å²) in [4.78, 5) is 7.97. The lowest BCUT2D eigenvalue weighted by molar-refractivity contribution is 0.534. The Hall–Kier alpha value is -2.23. The molecule has 158 valence electrons. The highest BCUT2D eigenvalue weighted by molar-refractivity contribution is 8.00. The van der Waals surface area contributed by atoms with Crippen LogP contribution in [0.3, 0.4) is 0 Å². The van der Waals surface area contributed by atoms with Crippen LogP contribution in [0.25, 0.3) is 22.2 Å². The quantitative estimate of drug-likeness (QED) is 0.258. The minimum Gasteiger partial charge on any atom is -0.369 e. The Balaban J connectivity index is 1.72. The van der Waals surface area contributed by atoms with Crippen LogP contribution >= 0.6 is 11.8 Å². The van der Waals surface area contributed by atoms with Gasteiger partial charge in [-0.15, -0.1) is 11.8 Å². The van der Waals surface area contributed by atoms with E-state index in [1.807, 2.05) is 30.3 Å². The molecule has 3 heterocycles. The summed E-state index contributed by atoms with van der Waals surface area (Å²) < 4.78 is 25.5. The van der Waals surface area contributed by atoms with Crippen molar-refractivity contribution < 1.29 is 8.42 Å². The van der Waals surface area contributed by atoms with Crippen molar-refractivity contribution >= 4 is 38.8 Å². The van der Waals surface area contributed by atoms with Crippen molar-refractivity contribution in [1.82, 2.24) is 37.2 Å². The van der Waals surface area contributed by atoms with Crippen molar-refractivity contribution in [2.75, 3.05) is 18.8 Å². The van der Waals surface area contributed by atoms with Gasteiger partial charge in [0.1, 0.15) is 11.1 Å². The second kappa shape index (κ2) is 7.47. The zero-order valence-corrected chi connectivity index (χ0v) is 17.3. The van der Waals surface area contributed by atoms with Crippen LogP contribution in [0.1, 0.15) is 11.7 Å². The molecule has 2 fully saturated rings. The van der Waals surface area contributed by atoms with Crippen LogP contribution in [-0.4, -0.2) is 36.7 Å². The Kier molecular flexibility index (Phi) is 4.91. The number of sulfonamides is 1. The standard InChI is InChI=1S/C17H21N9O2S2/c18-17-21-11-3-1-8(5-12(11)22-17)10-2-4-13(29-9-6-20-7-9)15(30(19,27)28)14(10)16-23-25-26-24-16/h1-5,9,16,20,23-26H,6-7H2,(H3,18,21,22)(H2,19,27,28). The summed E-state index contributed by atoms with van der Waals surface area (Å²) in [6, 6.07) is 9.35. The summed E-state index contributed by atoms with van der Waals surface area (Å²) in [5.74, 6) is 0.320. The van der Waals surface area contributed by atoms with E-state index in [9.17, 15) is 8.42 Å². The Morgan fingerprint density at radius 3 is 2.53 bits per heavy atom. The van der Waals surface area contributed by atoms with Gasteiger partial charge in [-0.3, -0.25) is 0 Å².